The Morgan fingerprint density at radius 2 is 1.65 bits per heavy atom. The molecule has 6 nitrogen and oxygen atoms in total. The van der Waals surface area contributed by atoms with Crippen LogP contribution in [0.25, 0.3) is 44.4 Å². The molecule has 0 amide bonds. The molecule has 1 fully saturated rings. The second-order valence-electron chi connectivity index (χ2n) is 9.43. The summed E-state index contributed by atoms with van der Waals surface area (Å²) >= 11 is 0. The lowest BCUT2D eigenvalue weighted by Crippen LogP contribution is -2.23. The van der Waals surface area contributed by atoms with E-state index in [1.807, 2.05) is 54.6 Å². The fourth-order valence-corrected chi connectivity index (χ4v) is 5.18. The van der Waals surface area contributed by atoms with Crippen molar-refractivity contribution >= 4 is 27.9 Å². The first-order valence-electron chi connectivity index (χ1n) is 12.6. The summed E-state index contributed by atoms with van der Waals surface area (Å²) in [7, 11) is 1.58. The topological polar surface area (TPSA) is 78.9 Å². The monoisotopic (exact) mass is 494 g/mol. The summed E-state index contributed by atoms with van der Waals surface area (Å²) in [5.41, 5.74) is 2.57. The van der Waals surface area contributed by atoms with Gasteiger partial charge in [0.1, 0.15) is 17.1 Å². The van der Waals surface area contributed by atoms with Gasteiger partial charge in [0.15, 0.2) is 11.3 Å². The zero-order valence-corrected chi connectivity index (χ0v) is 20.5. The highest BCUT2D eigenvalue weighted by Gasteiger charge is 2.25. The van der Waals surface area contributed by atoms with Crippen LogP contribution >= 0.6 is 0 Å². The van der Waals surface area contributed by atoms with Crippen LogP contribution in [0.4, 0.5) is 0 Å². The van der Waals surface area contributed by atoms with Crippen LogP contribution in [0.2, 0.25) is 0 Å². The molecule has 0 spiro atoms. The van der Waals surface area contributed by atoms with Gasteiger partial charge in [-0.15, -0.1) is 0 Å². The molecule has 186 valence electrons. The Bertz CT molecular complexity index is 1650. The van der Waals surface area contributed by atoms with E-state index < -0.39 is 5.63 Å². The number of ether oxygens (including phenoxy) is 2. The van der Waals surface area contributed by atoms with Crippen LogP contribution in [0.1, 0.15) is 32.1 Å². The van der Waals surface area contributed by atoms with Gasteiger partial charge in [-0.1, -0.05) is 61.7 Å². The molecule has 6 heteroatoms. The van der Waals surface area contributed by atoms with E-state index in [1.54, 1.807) is 19.2 Å². The third-order valence-corrected chi connectivity index (χ3v) is 7.07. The molecule has 0 unspecified atom stereocenters. The Morgan fingerprint density at radius 1 is 0.838 bits per heavy atom. The molecule has 1 aliphatic carbocycles. The van der Waals surface area contributed by atoms with E-state index in [1.165, 1.54) is 6.07 Å². The normalized spacial score (nSPS) is 14.2. The summed E-state index contributed by atoms with van der Waals surface area (Å²) in [6.45, 7) is 0. The van der Waals surface area contributed by atoms with Crippen molar-refractivity contribution in [2.45, 2.75) is 32.1 Å². The molecule has 0 bridgehead atoms. The van der Waals surface area contributed by atoms with E-state index in [0.29, 0.717) is 44.9 Å². The lowest BCUT2D eigenvalue weighted by Gasteiger charge is -2.21. The van der Waals surface area contributed by atoms with Gasteiger partial charge in [-0.05, 0) is 42.7 Å². The molecule has 0 N–H and O–H groups in total. The maximum Gasteiger partial charge on any atom is 0.336 e. The van der Waals surface area contributed by atoms with Gasteiger partial charge >= 0.3 is 11.6 Å². The quantitative estimate of drug-likeness (QED) is 0.144. The third-order valence-electron chi connectivity index (χ3n) is 7.07. The lowest BCUT2D eigenvalue weighted by atomic mass is 9.89. The smallest absolute Gasteiger partial charge is 0.336 e. The summed E-state index contributed by atoms with van der Waals surface area (Å²) in [4.78, 5) is 25.8. The van der Waals surface area contributed by atoms with Crippen LogP contribution < -0.4 is 15.1 Å². The minimum atomic E-state index is -0.499. The first kappa shape index (κ1) is 23.1. The van der Waals surface area contributed by atoms with E-state index in [9.17, 15) is 9.59 Å². The molecule has 2 heterocycles. The van der Waals surface area contributed by atoms with Crippen LogP contribution in [0, 0.1) is 5.92 Å². The number of benzene rings is 3. The fourth-order valence-electron chi connectivity index (χ4n) is 5.18. The van der Waals surface area contributed by atoms with Crippen molar-refractivity contribution in [3.8, 4) is 33.9 Å². The number of para-hydroxylation sites is 1. The van der Waals surface area contributed by atoms with Crippen LogP contribution in [0.15, 0.2) is 86.4 Å². The van der Waals surface area contributed by atoms with E-state index in [2.05, 4.69) is 0 Å². The maximum absolute atomic E-state index is 13.2. The van der Waals surface area contributed by atoms with Gasteiger partial charge in [-0.2, -0.15) is 0 Å². The number of methoxy groups -OCH3 is 1. The van der Waals surface area contributed by atoms with Gasteiger partial charge in [0, 0.05) is 28.0 Å². The molecule has 0 radical (unpaired) electrons. The van der Waals surface area contributed by atoms with Crippen molar-refractivity contribution in [3.05, 3.63) is 83.2 Å². The molecule has 1 saturated carbocycles. The SMILES string of the molecule is COc1cccc2cc(-c3cc(=O)oc4cc(-c5ccccc5)c(OC(=O)C5CCCCC5)cc34)oc12. The van der Waals surface area contributed by atoms with Crippen LogP contribution in [0.3, 0.4) is 0 Å². The molecular formula is C31H26O6. The predicted octanol–water partition coefficient (Wildman–Crippen LogP) is 7.37. The zero-order chi connectivity index (χ0) is 25.4. The largest absolute Gasteiger partial charge is 0.493 e. The Hall–Kier alpha value is -4.32. The number of hydrogen-bond donors (Lipinski definition) is 0. The third kappa shape index (κ3) is 4.40. The second kappa shape index (κ2) is 9.62. The fraction of sp³-hybridized carbons (Fsp3) is 0.226. The maximum atomic E-state index is 13.2. The van der Waals surface area contributed by atoms with Crippen LogP contribution in [-0.4, -0.2) is 13.1 Å². The molecule has 0 saturated heterocycles. The average Bonchev–Trinajstić information content (AvgIpc) is 3.38. The molecule has 1 aliphatic rings. The average molecular weight is 495 g/mol. The highest BCUT2D eigenvalue weighted by Crippen LogP contribution is 2.40. The number of hydrogen-bond acceptors (Lipinski definition) is 6. The van der Waals surface area contributed by atoms with E-state index in [0.717, 1.165) is 43.1 Å². The molecule has 5 aromatic rings. The van der Waals surface area contributed by atoms with Crippen LogP contribution in [-0.2, 0) is 4.79 Å². The Balaban J connectivity index is 1.53. The molecule has 6 rings (SSSR count). The van der Waals surface area contributed by atoms with E-state index in [4.69, 9.17) is 18.3 Å². The molecular weight excluding hydrogens is 468 g/mol. The Labute approximate surface area is 213 Å². The first-order chi connectivity index (χ1) is 18.1. The second-order valence-corrected chi connectivity index (χ2v) is 9.43. The van der Waals surface area contributed by atoms with Gasteiger partial charge in [-0.25, -0.2) is 4.79 Å². The summed E-state index contributed by atoms with van der Waals surface area (Å²) in [5.74, 6) is 1.20. The number of furan rings is 1. The van der Waals surface area contributed by atoms with Crippen molar-refractivity contribution in [1.82, 2.24) is 0 Å². The zero-order valence-electron chi connectivity index (χ0n) is 20.5. The predicted molar refractivity (Wildman–Crippen MR) is 142 cm³/mol. The van der Waals surface area contributed by atoms with Crippen LogP contribution in [0.5, 0.6) is 11.5 Å². The Kier molecular flexibility index (Phi) is 6.01. The molecule has 3 aromatic carbocycles. The summed E-state index contributed by atoms with van der Waals surface area (Å²) < 4.78 is 23.3. The van der Waals surface area contributed by atoms with Gasteiger partial charge in [-0.3, -0.25) is 4.79 Å². The van der Waals surface area contributed by atoms with Gasteiger partial charge in [0.25, 0.3) is 0 Å². The van der Waals surface area contributed by atoms with Crippen molar-refractivity contribution in [2.75, 3.05) is 7.11 Å². The molecule has 2 aromatic heterocycles. The summed E-state index contributed by atoms with van der Waals surface area (Å²) in [5, 5.41) is 1.46. The molecule has 0 aliphatic heterocycles. The van der Waals surface area contributed by atoms with E-state index in [-0.39, 0.29) is 11.9 Å². The van der Waals surface area contributed by atoms with Gasteiger partial charge in [0.05, 0.1) is 13.0 Å². The van der Waals surface area contributed by atoms with Crippen molar-refractivity contribution in [3.63, 3.8) is 0 Å². The standard InChI is InChI=1S/C31H26O6/c1-34-25-14-8-13-21-15-26(36-30(21)25)24-18-29(32)35-28-16-22(19-9-4-2-5-10-19)27(17-23(24)28)37-31(33)20-11-6-3-7-12-20/h2,4-5,8-10,13-18,20H,3,6-7,11-12H2,1H3. The van der Waals surface area contributed by atoms with Crippen molar-refractivity contribution in [1.29, 1.82) is 0 Å². The number of rotatable bonds is 5. The number of esters is 1. The van der Waals surface area contributed by atoms with Gasteiger partial charge in [0.2, 0.25) is 0 Å². The number of carbonyl (C=O) groups is 1. The highest BCUT2D eigenvalue weighted by atomic mass is 16.5. The lowest BCUT2D eigenvalue weighted by molar-refractivity contribution is -0.139. The van der Waals surface area contributed by atoms with Gasteiger partial charge < -0.3 is 18.3 Å². The number of carbonyl (C=O) groups excluding carboxylic acids is 1. The summed E-state index contributed by atoms with van der Waals surface area (Å²) in [6.07, 6.45) is 4.91. The minimum Gasteiger partial charge on any atom is -0.493 e. The molecule has 37 heavy (non-hydrogen) atoms. The van der Waals surface area contributed by atoms with Crippen molar-refractivity contribution < 1.29 is 23.1 Å². The van der Waals surface area contributed by atoms with E-state index >= 15 is 0 Å². The summed E-state index contributed by atoms with van der Waals surface area (Å²) in [6, 6.07) is 22.1. The number of fused-ring (bicyclic) bond motifs is 2. The van der Waals surface area contributed by atoms with Crippen molar-refractivity contribution in [2.24, 2.45) is 5.92 Å². The highest BCUT2D eigenvalue weighted by molar-refractivity contribution is 5.99. The first-order valence-corrected chi connectivity index (χ1v) is 12.6. The molecule has 0 atom stereocenters. The minimum absolute atomic E-state index is 0.107. The Morgan fingerprint density at radius 3 is 2.43 bits per heavy atom.